The SMILES string of the molecule is c1ccc(-c2nc(-c3ccc4oc5ccc(-n6c7cc8ccccc8cc7c7ccc8ccccc8c76)cc5c4c3)nc(-c3cccc4oc5ccccc5c34)n2)cc1. The van der Waals surface area contributed by atoms with E-state index in [1.807, 2.05) is 72.8 Å². The molecule has 274 valence electrons. The first-order chi connectivity index (χ1) is 29.2. The number of para-hydroxylation sites is 1. The van der Waals surface area contributed by atoms with Gasteiger partial charge in [-0.05, 0) is 76.8 Å². The minimum atomic E-state index is 0.576. The summed E-state index contributed by atoms with van der Waals surface area (Å²) >= 11 is 0. The fourth-order valence-corrected chi connectivity index (χ4v) is 9.08. The fraction of sp³-hybridized carbons (Fsp3) is 0. The molecule has 13 rings (SSSR count). The van der Waals surface area contributed by atoms with Crippen molar-refractivity contribution >= 4 is 87.2 Å². The molecule has 4 aromatic heterocycles. The van der Waals surface area contributed by atoms with E-state index in [9.17, 15) is 0 Å². The van der Waals surface area contributed by atoms with Crippen molar-refractivity contribution in [1.29, 1.82) is 0 Å². The Kier molecular flexibility index (Phi) is 6.63. The maximum absolute atomic E-state index is 6.51. The van der Waals surface area contributed by atoms with Gasteiger partial charge in [-0.25, -0.2) is 15.0 Å². The van der Waals surface area contributed by atoms with Crippen LogP contribution >= 0.6 is 0 Å². The molecular formula is C53H30N4O2. The lowest BCUT2D eigenvalue weighted by atomic mass is 10.0. The molecule has 0 saturated carbocycles. The molecule has 9 aromatic carbocycles. The number of fused-ring (bicyclic) bond motifs is 12. The topological polar surface area (TPSA) is 69.9 Å². The average molecular weight is 755 g/mol. The second-order valence-corrected chi connectivity index (χ2v) is 15.2. The molecule has 59 heavy (non-hydrogen) atoms. The summed E-state index contributed by atoms with van der Waals surface area (Å²) in [6, 6.07) is 63.4. The van der Waals surface area contributed by atoms with E-state index >= 15 is 0 Å². The molecule has 13 aromatic rings. The van der Waals surface area contributed by atoms with Crippen LogP contribution in [0.3, 0.4) is 0 Å². The number of aromatic nitrogens is 4. The van der Waals surface area contributed by atoms with Gasteiger partial charge in [-0.1, -0.05) is 121 Å². The van der Waals surface area contributed by atoms with Gasteiger partial charge in [-0.15, -0.1) is 0 Å². The zero-order chi connectivity index (χ0) is 38.6. The largest absolute Gasteiger partial charge is 0.456 e. The summed E-state index contributed by atoms with van der Waals surface area (Å²) < 4.78 is 15.2. The van der Waals surface area contributed by atoms with Crippen LogP contribution in [0.1, 0.15) is 0 Å². The van der Waals surface area contributed by atoms with E-state index < -0.39 is 0 Å². The van der Waals surface area contributed by atoms with E-state index in [4.69, 9.17) is 23.8 Å². The van der Waals surface area contributed by atoms with Crippen LogP contribution in [0.15, 0.2) is 191 Å². The molecule has 0 radical (unpaired) electrons. The Morgan fingerprint density at radius 2 is 1.00 bits per heavy atom. The van der Waals surface area contributed by atoms with Crippen molar-refractivity contribution in [2.45, 2.75) is 0 Å². The van der Waals surface area contributed by atoms with Gasteiger partial charge in [0.05, 0.1) is 11.0 Å². The zero-order valence-corrected chi connectivity index (χ0v) is 31.4. The highest BCUT2D eigenvalue weighted by Crippen LogP contribution is 2.41. The number of furan rings is 2. The number of rotatable bonds is 4. The second-order valence-electron chi connectivity index (χ2n) is 15.2. The van der Waals surface area contributed by atoms with Crippen molar-refractivity contribution in [3.63, 3.8) is 0 Å². The zero-order valence-electron chi connectivity index (χ0n) is 31.4. The van der Waals surface area contributed by atoms with E-state index in [-0.39, 0.29) is 0 Å². The average Bonchev–Trinajstić information content (AvgIpc) is 3.97. The van der Waals surface area contributed by atoms with Gasteiger partial charge in [0.2, 0.25) is 0 Å². The first-order valence-electron chi connectivity index (χ1n) is 19.8. The van der Waals surface area contributed by atoms with Crippen LogP contribution in [0.5, 0.6) is 0 Å². The normalized spacial score (nSPS) is 12.1. The lowest BCUT2D eigenvalue weighted by Gasteiger charge is -2.11. The van der Waals surface area contributed by atoms with Crippen LogP contribution in [0.25, 0.3) is 127 Å². The fourth-order valence-electron chi connectivity index (χ4n) is 9.08. The van der Waals surface area contributed by atoms with Crippen LogP contribution in [0.4, 0.5) is 0 Å². The second kappa shape index (κ2) is 12.2. The number of nitrogens with zero attached hydrogens (tertiary/aromatic N) is 4. The summed E-state index contributed by atoms with van der Waals surface area (Å²) in [6.45, 7) is 0. The first kappa shape index (κ1) is 32.0. The minimum absolute atomic E-state index is 0.576. The molecule has 0 atom stereocenters. The third-order valence-electron chi connectivity index (χ3n) is 11.8. The van der Waals surface area contributed by atoms with Gasteiger partial charge in [0.25, 0.3) is 0 Å². The van der Waals surface area contributed by atoms with Crippen molar-refractivity contribution in [3.8, 4) is 39.9 Å². The van der Waals surface area contributed by atoms with Crippen LogP contribution in [0.2, 0.25) is 0 Å². The molecule has 0 amide bonds. The summed E-state index contributed by atoms with van der Waals surface area (Å²) in [4.78, 5) is 15.4. The van der Waals surface area contributed by atoms with Gasteiger partial charge in [0.1, 0.15) is 22.3 Å². The minimum Gasteiger partial charge on any atom is -0.456 e. The van der Waals surface area contributed by atoms with Crippen LogP contribution in [-0.2, 0) is 0 Å². The third-order valence-corrected chi connectivity index (χ3v) is 11.8. The maximum atomic E-state index is 6.51. The van der Waals surface area contributed by atoms with E-state index in [1.165, 1.54) is 37.8 Å². The third kappa shape index (κ3) is 4.84. The molecule has 0 N–H and O–H groups in total. The maximum Gasteiger partial charge on any atom is 0.164 e. The van der Waals surface area contributed by atoms with Crippen molar-refractivity contribution in [3.05, 3.63) is 182 Å². The Hall–Kier alpha value is -8.09. The van der Waals surface area contributed by atoms with Crippen LogP contribution in [-0.4, -0.2) is 19.5 Å². The molecular weight excluding hydrogens is 725 g/mol. The molecule has 6 heteroatoms. The molecule has 0 aliphatic heterocycles. The van der Waals surface area contributed by atoms with Gasteiger partial charge < -0.3 is 13.4 Å². The van der Waals surface area contributed by atoms with Gasteiger partial charge in [0.15, 0.2) is 17.5 Å². The van der Waals surface area contributed by atoms with Gasteiger partial charge in [-0.2, -0.15) is 0 Å². The molecule has 4 heterocycles. The Morgan fingerprint density at radius 1 is 0.356 bits per heavy atom. The number of hydrogen-bond donors (Lipinski definition) is 0. The summed E-state index contributed by atoms with van der Waals surface area (Å²) in [5, 5.41) is 11.3. The lowest BCUT2D eigenvalue weighted by Crippen LogP contribution is -2.00. The van der Waals surface area contributed by atoms with Crippen molar-refractivity contribution in [2.75, 3.05) is 0 Å². The lowest BCUT2D eigenvalue weighted by molar-refractivity contribution is 0.668. The highest BCUT2D eigenvalue weighted by atomic mass is 16.3. The van der Waals surface area contributed by atoms with Gasteiger partial charge >= 0.3 is 0 Å². The Labute approximate surface area is 336 Å². The molecule has 0 aliphatic carbocycles. The highest BCUT2D eigenvalue weighted by molar-refractivity contribution is 6.21. The van der Waals surface area contributed by atoms with Gasteiger partial charge in [-0.3, -0.25) is 0 Å². The predicted octanol–water partition coefficient (Wildman–Crippen LogP) is 14.1. The Morgan fingerprint density at radius 3 is 1.86 bits per heavy atom. The number of benzene rings is 9. The van der Waals surface area contributed by atoms with E-state index in [0.29, 0.717) is 17.5 Å². The summed E-state index contributed by atoms with van der Waals surface area (Å²) in [5.74, 6) is 1.75. The monoisotopic (exact) mass is 754 g/mol. The molecule has 0 bridgehead atoms. The molecule has 0 unspecified atom stereocenters. The highest BCUT2D eigenvalue weighted by Gasteiger charge is 2.20. The summed E-state index contributed by atoms with van der Waals surface area (Å²) in [5.41, 5.74) is 9.30. The van der Waals surface area contributed by atoms with E-state index in [1.54, 1.807) is 0 Å². The molecule has 6 nitrogen and oxygen atoms in total. The smallest absolute Gasteiger partial charge is 0.164 e. The van der Waals surface area contributed by atoms with Crippen molar-refractivity contribution in [1.82, 2.24) is 19.5 Å². The van der Waals surface area contributed by atoms with Crippen molar-refractivity contribution < 1.29 is 8.83 Å². The van der Waals surface area contributed by atoms with E-state index in [0.717, 1.165) is 71.8 Å². The number of hydrogen-bond acceptors (Lipinski definition) is 5. The molecule has 0 aliphatic rings. The van der Waals surface area contributed by atoms with Crippen molar-refractivity contribution in [2.24, 2.45) is 0 Å². The standard InChI is InChI=1S/C53H30N4O2/c1-2-12-32(13-3-1)51-54-52(56-53(55-51)40-18-10-20-48-49(40)39-17-8-9-19-45(39)59-48)35-22-25-46-42(28-35)43-30-36(23-26-47(43)58-46)57-44-29-34-15-5-4-14-33(34)27-41(44)38-24-21-31-11-6-7-16-37(31)50(38)57/h1-30H. The first-order valence-corrected chi connectivity index (χ1v) is 19.8. The molecule has 0 saturated heterocycles. The quantitative estimate of drug-likeness (QED) is 0.179. The summed E-state index contributed by atoms with van der Waals surface area (Å²) in [7, 11) is 0. The van der Waals surface area contributed by atoms with Gasteiger partial charge in [0, 0.05) is 60.1 Å². The molecule has 0 spiro atoms. The summed E-state index contributed by atoms with van der Waals surface area (Å²) in [6.07, 6.45) is 0. The van der Waals surface area contributed by atoms with Crippen LogP contribution < -0.4 is 0 Å². The Bertz CT molecular complexity index is 3860. The predicted molar refractivity (Wildman–Crippen MR) is 240 cm³/mol. The Balaban J connectivity index is 1.04. The van der Waals surface area contributed by atoms with Crippen LogP contribution in [0, 0.1) is 0 Å². The van der Waals surface area contributed by atoms with E-state index in [2.05, 4.69) is 114 Å². The molecule has 0 fully saturated rings.